The number of rotatable bonds is 4. The lowest BCUT2D eigenvalue weighted by molar-refractivity contribution is 0.422. The molecule has 0 radical (unpaired) electrons. The molecule has 0 aliphatic heterocycles. The van der Waals surface area contributed by atoms with Gasteiger partial charge in [0.1, 0.15) is 12.7 Å². The molecule has 0 aliphatic rings. The standard InChI is InChI=1S/C11H15N5/c1-2-10(12)11(16-8-14-7-15-16)9-4-3-5-13-6-9/h3-8,10-11H,2,12H2,1H3. The highest BCUT2D eigenvalue weighted by Gasteiger charge is 2.20. The molecule has 2 unspecified atom stereocenters. The Morgan fingerprint density at radius 2 is 2.31 bits per heavy atom. The molecule has 5 nitrogen and oxygen atoms in total. The predicted molar refractivity (Wildman–Crippen MR) is 60.7 cm³/mol. The Hall–Kier alpha value is -1.75. The predicted octanol–water partition coefficient (Wildman–Crippen LogP) is 1.000. The van der Waals surface area contributed by atoms with Crippen LogP contribution in [0.5, 0.6) is 0 Å². The Morgan fingerprint density at radius 1 is 1.44 bits per heavy atom. The summed E-state index contributed by atoms with van der Waals surface area (Å²) in [6.45, 7) is 2.06. The van der Waals surface area contributed by atoms with E-state index in [1.54, 1.807) is 17.2 Å². The van der Waals surface area contributed by atoms with E-state index in [2.05, 4.69) is 22.0 Å². The Balaban J connectivity index is 2.36. The maximum Gasteiger partial charge on any atom is 0.137 e. The SMILES string of the molecule is CCC(N)C(c1cccnc1)n1cncn1. The lowest BCUT2D eigenvalue weighted by Gasteiger charge is -2.22. The van der Waals surface area contributed by atoms with E-state index in [0.717, 1.165) is 12.0 Å². The molecule has 0 saturated carbocycles. The number of aromatic nitrogens is 4. The van der Waals surface area contributed by atoms with Crippen molar-refractivity contribution in [3.05, 3.63) is 42.7 Å². The minimum Gasteiger partial charge on any atom is -0.326 e. The molecule has 2 heterocycles. The molecule has 2 atom stereocenters. The summed E-state index contributed by atoms with van der Waals surface area (Å²) >= 11 is 0. The van der Waals surface area contributed by atoms with Gasteiger partial charge in [-0.1, -0.05) is 13.0 Å². The van der Waals surface area contributed by atoms with Crippen LogP contribution in [0.4, 0.5) is 0 Å². The number of hydrogen-bond acceptors (Lipinski definition) is 4. The number of nitrogens with zero attached hydrogens (tertiary/aromatic N) is 4. The van der Waals surface area contributed by atoms with Gasteiger partial charge in [-0.05, 0) is 18.1 Å². The Labute approximate surface area is 94.3 Å². The van der Waals surface area contributed by atoms with Crippen LogP contribution in [0.15, 0.2) is 37.2 Å². The molecule has 2 rings (SSSR count). The van der Waals surface area contributed by atoms with Crippen molar-refractivity contribution in [2.75, 3.05) is 0 Å². The monoisotopic (exact) mass is 217 g/mol. The average molecular weight is 217 g/mol. The summed E-state index contributed by atoms with van der Waals surface area (Å²) in [5.41, 5.74) is 7.18. The van der Waals surface area contributed by atoms with Crippen molar-refractivity contribution >= 4 is 0 Å². The smallest absolute Gasteiger partial charge is 0.137 e. The first kappa shape index (κ1) is 10.8. The first-order valence-corrected chi connectivity index (χ1v) is 5.32. The molecule has 5 heteroatoms. The maximum absolute atomic E-state index is 6.12. The van der Waals surface area contributed by atoms with Crippen LogP contribution in [0.3, 0.4) is 0 Å². The molecule has 0 spiro atoms. The molecule has 84 valence electrons. The molecule has 2 aromatic rings. The van der Waals surface area contributed by atoms with Crippen LogP contribution in [-0.2, 0) is 0 Å². The lowest BCUT2D eigenvalue weighted by Crippen LogP contribution is -2.32. The third-order valence-electron chi connectivity index (χ3n) is 2.62. The zero-order chi connectivity index (χ0) is 11.4. The normalized spacial score (nSPS) is 14.6. The molecule has 0 bridgehead atoms. The second kappa shape index (κ2) is 4.85. The van der Waals surface area contributed by atoms with Crippen LogP contribution in [0.25, 0.3) is 0 Å². The largest absolute Gasteiger partial charge is 0.326 e. The summed E-state index contributed by atoms with van der Waals surface area (Å²) in [6, 6.07) is 3.92. The zero-order valence-corrected chi connectivity index (χ0v) is 9.19. The Kier molecular flexibility index (Phi) is 3.26. The minimum atomic E-state index is 0.00111. The van der Waals surface area contributed by atoms with Crippen LogP contribution < -0.4 is 5.73 Å². The van der Waals surface area contributed by atoms with Gasteiger partial charge in [-0.3, -0.25) is 4.98 Å². The summed E-state index contributed by atoms with van der Waals surface area (Å²) in [6.07, 6.45) is 7.65. The summed E-state index contributed by atoms with van der Waals surface area (Å²) in [4.78, 5) is 8.08. The fourth-order valence-electron chi connectivity index (χ4n) is 1.73. The van der Waals surface area contributed by atoms with Gasteiger partial charge in [0.05, 0.1) is 6.04 Å². The zero-order valence-electron chi connectivity index (χ0n) is 9.19. The highest BCUT2D eigenvalue weighted by molar-refractivity contribution is 5.16. The molecule has 0 fully saturated rings. The van der Waals surface area contributed by atoms with Gasteiger partial charge in [-0.25, -0.2) is 9.67 Å². The van der Waals surface area contributed by atoms with Crippen molar-refractivity contribution in [3.63, 3.8) is 0 Å². The van der Waals surface area contributed by atoms with Gasteiger partial charge >= 0.3 is 0 Å². The van der Waals surface area contributed by atoms with Gasteiger partial charge < -0.3 is 5.73 Å². The van der Waals surface area contributed by atoms with E-state index in [4.69, 9.17) is 5.73 Å². The average Bonchev–Trinajstić information content (AvgIpc) is 2.84. The summed E-state index contributed by atoms with van der Waals surface area (Å²) in [7, 11) is 0. The van der Waals surface area contributed by atoms with Crippen LogP contribution in [-0.4, -0.2) is 25.8 Å². The van der Waals surface area contributed by atoms with Crippen molar-refractivity contribution in [1.29, 1.82) is 0 Å². The van der Waals surface area contributed by atoms with Crippen molar-refractivity contribution in [2.45, 2.75) is 25.4 Å². The molecule has 0 aromatic carbocycles. The van der Waals surface area contributed by atoms with E-state index < -0.39 is 0 Å². The van der Waals surface area contributed by atoms with Gasteiger partial charge in [-0.15, -0.1) is 0 Å². The third-order valence-corrected chi connectivity index (χ3v) is 2.62. The molecule has 0 aliphatic carbocycles. The van der Waals surface area contributed by atoms with E-state index in [9.17, 15) is 0 Å². The summed E-state index contributed by atoms with van der Waals surface area (Å²) in [5.74, 6) is 0. The molecular weight excluding hydrogens is 202 g/mol. The van der Waals surface area contributed by atoms with Gasteiger partial charge in [0.2, 0.25) is 0 Å². The topological polar surface area (TPSA) is 69.6 Å². The quantitative estimate of drug-likeness (QED) is 0.829. The van der Waals surface area contributed by atoms with E-state index in [1.165, 1.54) is 6.33 Å². The summed E-state index contributed by atoms with van der Waals surface area (Å²) in [5, 5.41) is 4.16. The second-order valence-corrected chi connectivity index (χ2v) is 3.68. The Bertz CT molecular complexity index is 411. The number of hydrogen-bond donors (Lipinski definition) is 1. The number of nitrogens with two attached hydrogens (primary N) is 1. The van der Waals surface area contributed by atoms with Crippen LogP contribution >= 0.6 is 0 Å². The lowest BCUT2D eigenvalue weighted by atomic mass is 10.00. The molecule has 0 saturated heterocycles. The molecular formula is C11H15N5. The molecule has 16 heavy (non-hydrogen) atoms. The van der Waals surface area contributed by atoms with Crippen LogP contribution in [0.2, 0.25) is 0 Å². The highest BCUT2D eigenvalue weighted by atomic mass is 15.3. The van der Waals surface area contributed by atoms with E-state index in [0.29, 0.717) is 0 Å². The first-order chi connectivity index (χ1) is 7.83. The van der Waals surface area contributed by atoms with Crippen LogP contribution in [0.1, 0.15) is 24.9 Å². The van der Waals surface area contributed by atoms with E-state index >= 15 is 0 Å². The van der Waals surface area contributed by atoms with Crippen molar-refractivity contribution in [1.82, 2.24) is 19.7 Å². The first-order valence-electron chi connectivity index (χ1n) is 5.32. The Morgan fingerprint density at radius 3 is 2.88 bits per heavy atom. The fourth-order valence-corrected chi connectivity index (χ4v) is 1.73. The minimum absolute atomic E-state index is 0.00111. The molecule has 0 amide bonds. The number of pyridine rings is 1. The maximum atomic E-state index is 6.12. The van der Waals surface area contributed by atoms with Crippen molar-refractivity contribution in [3.8, 4) is 0 Å². The third kappa shape index (κ3) is 2.09. The van der Waals surface area contributed by atoms with Gasteiger partial charge in [0, 0.05) is 18.4 Å². The fraction of sp³-hybridized carbons (Fsp3) is 0.364. The van der Waals surface area contributed by atoms with Gasteiger partial charge in [0.15, 0.2) is 0 Å². The molecule has 2 N–H and O–H groups in total. The molecule has 2 aromatic heterocycles. The van der Waals surface area contributed by atoms with Gasteiger partial charge in [-0.2, -0.15) is 5.10 Å². The second-order valence-electron chi connectivity index (χ2n) is 3.68. The summed E-state index contributed by atoms with van der Waals surface area (Å²) < 4.78 is 1.78. The highest BCUT2D eigenvalue weighted by Crippen LogP contribution is 2.20. The van der Waals surface area contributed by atoms with Crippen molar-refractivity contribution < 1.29 is 0 Å². The van der Waals surface area contributed by atoms with E-state index in [1.807, 2.05) is 18.3 Å². The van der Waals surface area contributed by atoms with Crippen LogP contribution in [0, 0.1) is 0 Å². The van der Waals surface area contributed by atoms with Gasteiger partial charge in [0.25, 0.3) is 0 Å². The van der Waals surface area contributed by atoms with Crippen molar-refractivity contribution in [2.24, 2.45) is 5.73 Å². The van der Waals surface area contributed by atoms with E-state index in [-0.39, 0.29) is 12.1 Å².